The summed E-state index contributed by atoms with van der Waals surface area (Å²) in [4.78, 5) is 0. The molecule has 3 rings (SSSR count). The molecule has 5 heteroatoms. The minimum absolute atomic E-state index is 0.242. The molecule has 146 valence electrons. The van der Waals surface area contributed by atoms with Gasteiger partial charge in [0.2, 0.25) is 0 Å². The number of fused-ring (bicyclic) bond motifs is 1. The number of hydrogen-bond donors (Lipinski definition) is 2. The van der Waals surface area contributed by atoms with Crippen LogP contribution in [0.15, 0.2) is 42.5 Å². The fourth-order valence-electron chi connectivity index (χ4n) is 3.19. The van der Waals surface area contributed by atoms with E-state index < -0.39 is 17.8 Å². The van der Waals surface area contributed by atoms with Gasteiger partial charge in [-0.05, 0) is 56.2 Å². The Kier molecular flexibility index (Phi) is 6.02. The number of aliphatic hydroxyl groups excluding tert-OH is 1. The number of anilines is 1. The van der Waals surface area contributed by atoms with Gasteiger partial charge in [-0.25, -0.2) is 4.39 Å². The largest absolute Gasteiger partial charge is 0.485 e. The molecule has 0 aliphatic carbocycles. The van der Waals surface area contributed by atoms with Crippen LogP contribution in [0.3, 0.4) is 0 Å². The Bertz CT molecular complexity index is 761. The van der Waals surface area contributed by atoms with Crippen molar-refractivity contribution in [3.05, 3.63) is 59.4 Å². The highest BCUT2D eigenvalue weighted by Crippen LogP contribution is 2.43. The molecule has 0 bridgehead atoms. The normalized spacial score (nSPS) is 20.6. The average Bonchev–Trinajstić information content (AvgIpc) is 2.64. The summed E-state index contributed by atoms with van der Waals surface area (Å²) in [7, 11) is 0. The van der Waals surface area contributed by atoms with E-state index in [1.807, 2.05) is 32.0 Å². The van der Waals surface area contributed by atoms with Crippen molar-refractivity contribution in [2.75, 3.05) is 11.9 Å². The van der Waals surface area contributed by atoms with Crippen molar-refractivity contribution in [2.45, 2.75) is 58.0 Å². The summed E-state index contributed by atoms with van der Waals surface area (Å²) in [6.07, 6.45) is 0.800. The third-order valence-electron chi connectivity index (χ3n) is 4.89. The van der Waals surface area contributed by atoms with Crippen LogP contribution in [0.4, 0.5) is 10.1 Å². The van der Waals surface area contributed by atoms with Crippen molar-refractivity contribution in [1.82, 2.24) is 0 Å². The van der Waals surface area contributed by atoms with Crippen LogP contribution in [0, 0.1) is 5.82 Å². The summed E-state index contributed by atoms with van der Waals surface area (Å²) in [5.41, 5.74) is 2.02. The molecule has 0 spiro atoms. The second-order valence-corrected chi connectivity index (χ2v) is 7.53. The van der Waals surface area contributed by atoms with E-state index in [4.69, 9.17) is 9.47 Å². The Morgan fingerprint density at radius 3 is 2.63 bits per heavy atom. The molecule has 0 radical (unpaired) electrons. The summed E-state index contributed by atoms with van der Waals surface area (Å²) in [6.45, 7) is 7.03. The van der Waals surface area contributed by atoms with Crippen molar-refractivity contribution >= 4 is 5.69 Å². The van der Waals surface area contributed by atoms with Gasteiger partial charge in [0, 0.05) is 24.4 Å². The molecule has 2 aromatic carbocycles. The maximum Gasteiger partial charge on any atom is 0.132 e. The van der Waals surface area contributed by atoms with E-state index in [9.17, 15) is 9.50 Å². The fourth-order valence-corrected chi connectivity index (χ4v) is 3.19. The monoisotopic (exact) mass is 373 g/mol. The van der Waals surface area contributed by atoms with E-state index in [1.165, 1.54) is 12.1 Å². The Labute approximate surface area is 160 Å². The molecule has 2 N–H and O–H groups in total. The number of unbranched alkanes of at least 4 members (excludes halogenated alkanes) is 1. The number of nitrogens with one attached hydrogen (secondary N) is 1. The molecule has 0 amide bonds. The van der Waals surface area contributed by atoms with Crippen LogP contribution in [0.2, 0.25) is 0 Å². The van der Waals surface area contributed by atoms with Crippen molar-refractivity contribution < 1.29 is 19.0 Å². The van der Waals surface area contributed by atoms with Crippen LogP contribution in [-0.4, -0.2) is 23.4 Å². The van der Waals surface area contributed by atoms with E-state index in [2.05, 4.69) is 12.2 Å². The van der Waals surface area contributed by atoms with Crippen molar-refractivity contribution in [1.29, 1.82) is 0 Å². The van der Waals surface area contributed by atoms with Gasteiger partial charge in [0.05, 0.1) is 0 Å². The number of aliphatic hydroxyl groups is 1. The van der Waals surface area contributed by atoms with Gasteiger partial charge in [0.15, 0.2) is 0 Å². The minimum Gasteiger partial charge on any atom is -0.485 e. The molecule has 2 atom stereocenters. The molecule has 0 aromatic heterocycles. The predicted octanol–water partition coefficient (Wildman–Crippen LogP) is 4.83. The molecule has 0 unspecified atom stereocenters. The number of rotatable bonds is 7. The zero-order chi connectivity index (χ0) is 19.4. The summed E-state index contributed by atoms with van der Waals surface area (Å²) in [5.74, 6) is 0.493. The standard InChI is InChI=1S/C22H28FNO3/c1-4-5-12-26-20-18-13-17(24-14-15-6-8-16(23)9-7-15)10-11-19(18)27-22(2,3)21(20)25/h6-11,13,20-21,24-25H,4-5,12,14H2,1-3H3/t20-,21+/m1/s1. The van der Waals surface area contributed by atoms with Crippen LogP contribution < -0.4 is 10.1 Å². The molecular formula is C22H28FNO3. The first-order chi connectivity index (χ1) is 12.9. The van der Waals surface area contributed by atoms with Gasteiger partial charge in [-0.3, -0.25) is 0 Å². The van der Waals surface area contributed by atoms with Gasteiger partial charge in [-0.1, -0.05) is 25.5 Å². The summed E-state index contributed by atoms with van der Waals surface area (Å²) in [6, 6.07) is 12.2. The van der Waals surface area contributed by atoms with Crippen LogP contribution in [0.25, 0.3) is 0 Å². The highest BCUT2D eigenvalue weighted by Gasteiger charge is 2.43. The summed E-state index contributed by atoms with van der Waals surface area (Å²) in [5, 5.41) is 14.1. The van der Waals surface area contributed by atoms with Gasteiger partial charge in [-0.15, -0.1) is 0 Å². The maximum absolute atomic E-state index is 13.0. The first-order valence-corrected chi connectivity index (χ1v) is 9.51. The van der Waals surface area contributed by atoms with E-state index in [0.717, 1.165) is 35.4 Å². The lowest BCUT2D eigenvalue weighted by Crippen LogP contribution is -2.49. The van der Waals surface area contributed by atoms with Gasteiger partial charge < -0.3 is 19.9 Å². The Morgan fingerprint density at radius 2 is 1.93 bits per heavy atom. The van der Waals surface area contributed by atoms with Crippen molar-refractivity contribution in [3.8, 4) is 5.75 Å². The first-order valence-electron chi connectivity index (χ1n) is 9.51. The third-order valence-corrected chi connectivity index (χ3v) is 4.89. The fraction of sp³-hybridized carbons (Fsp3) is 0.455. The molecule has 2 aromatic rings. The molecular weight excluding hydrogens is 345 g/mol. The smallest absolute Gasteiger partial charge is 0.132 e. The number of halogens is 1. The minimum atomic E-state index is -0.755. The second kappa shape index (κ2) is 8.28. The molecule has 0 saturated carbocycles. The molecule has 0 fully saturated rings. The van der Waals surface area contributed by atoms with Gasteiger partial charge in [-0.2, -0.15) is 0 Å². The van der Waals surface area contributed by atoms with E-state index in [-0.39, 0.29) is 5.82 Å². The zero-order valence-electron chi connectivity index (χ0n) is 16.2. The Morgan fingerprint density at radius 1 is 1.19 bits per heavy atom. The average molecular weight is 373 g/mol. The van der Waals surface area contributed by atoms with Crippen molar-refractivity contribution in [2.24, 2.45) is 0 Å². The second-order valence-electron chi connectivity index (χ2n) is 7.53. The molecule has 4 nitrogen and oxygen atoms in total. The Balaban J connectivity index is 1.79. The number of ether oxygens (including phenoxy) is 2. The first kappa shape index (κ1) is 19.6. The lowest BCUT2D eigenvalue weighted by atomic mass is 9.88. The summed E-state index contributed by atoms with van der Waals surface area (Å²) < 4.78 is 25.1. The van der Waals surface area contributed by atoms with Crippen LogP contribution in [0.5, 0.6) is 5.75 Å². The Hall–Kier alpha value is -2.11. The van der Waals surface area contributed by atoms with Crippen LogP contribution >= 0.6 is 0 Å². The van der Waals surface area contributed by atoms with Crippen LogP contribution in [-0.2, 0) is 11.3 Å². The maximum atomic E-state index is 13.0. The predicted molar refractivity (Wildman–Crippen MR) is 104 cm³/mol. The SMILES string of the molecule is CCCCO[C@@H]1c2cc(NCc3ccc(F)cc3)ccc2OC(C)(C)[C@H]1O. The van der Waals surface area contributed by atoms with E-state index >= 15 is 0 Å². The molecule has 1 aliphatic rings. The summed E-state index contributed by atoms with van der Waals surface area (Å²) >= 11 is 0. The highest BCUT2D eigenvalue weighted by molar-refractivity contribution is 5.53. The van der Waals surface area contributed by atoms with Gasteiger partial charge in [0.25, 0.3) is 0 Å². The lowest BCUT2D eigenvalue weighted by Gasteiger charge is -2.42. The van der Waals surface area contributed by atoms with Crippen LogP contribution in [0.1, 0.15) is 50.8 Å². The van der Waals surface area contributed by atoms with Gasteiger partial charge >= 0.3 is 0 Å². The molecule has 1 aliphatic heterocycles. The lowest BCUT2D eigenvalue weighted by molar-refractivity contribution is -0.135. The molecule has 27 heavy (non-hydrogen) atoms. The number of benzene rings is 2. The zero-order valence-corrected chi connectivity index (χ0v) is 16.2. The third kappa shape index (κ3) is 4.60. The quantitative estimate of drug-likeness (QED) is 0.683. The molecule has 0 saturated heterocycles. The molecule has 1 heterocycles. The topological polar surface area (TPSA) is 50.7 Å². The van der Waals surface area contributed by atoms with E-state index in [0.29, 0.717) is 13.2 Å². The van der Waals surface area contributed by atoms with Gasteiger partial charge in [0.1, 0.15) is 29.4 Å². The van der Waals surface area contributed by atoms with Crippen molar-refractivity contribution in [3.63, 3.8) is 0 Å². The highest BCUT2D eigenvalue weighted by atomic mass is 19.1. The van der Waals surface area contributed by atoms with E-state index in [1.54, 1.807) is 12.1 Å². The number of hydrogen-bond acceptors (Lipinski definition) is 4.